The molecule has 11 heavy (non-hydrogen) atoms. The highest BCUT2D eigenvalue weighted by atomic mass is 79.9. The SMILES string of the molecule is BrC=CC(Br)Br.O=P(O)(O)O. The third-order valence-electron chi connectivity index (χ3n) is 0.218. The van der Waals surface area contributed by atoms with Gasteiger partial charge < -0.3 is 14.7 Å². The molecule has 0 radical (unpaired) electrons. The molecular formula is C3H6Br3O4P. The number of hydrogen-bond acceptors (Lipinski definition) is 1. The average Bonchev–Trinajstić information content (AvgIpc) is 1.58. The molecule has 0 spiro atoms. The molecular weight excluding hydrogens is 371 g/mol. The number of halogens is 3. The smallest absolute Gasteiger partial charge is 0.303 e. The Morgan fingerprint density at radius 3 is 1.55 bits per heavy atom. The van der Waals surface area contributed by atoms with Crippen LogP contribution in [0.15, 0.2) is 11.1 Å². The van der Waals surface area contributed by atoms with Crippen molar-refractivity contribution in [1.29, 1.82) is 0 Å². The van der Waals surface area contributed by atoms with Gasteiger partial charge in [0.25, 0.3) is 0 Å². The Hall–Kier alpha value is 1.29. The van der Waals surface area contributed by atoms with Gasteiger partial charge in [-0.1, -0.05) is 53.9 Å². The molecule has 0 aliphatic heterocycles. The van der Waals surface area contributed by atoms with Gasteiger partial charge in [0.1, 0.15) is 0 Å². The van der Waals surface area contributed by atoms with E-state index >= 15 is 0 Å². The summed E-state index contributed by atoms with van der Waals surface area (Å²) in [5.74, 6) is 0. The zero-order valence-corrected chi connectivity index (χ0v) is 10.7. The van der Waals surface area contributed by atoms with Crippen LogP contribution in [0.5, 0.6) is 0 Å². The van der Waals surface area contributed by atoms with E-state index in [0.29, 0.717) is 3.74 Å². The highest BCUT2D eigenvalue weighted by Gasteiger charge is 2.00. The second-order valence-corrected chi connectivity index (χ2v) is 5.92. The number of rotatable bonds is 1. The number of hydrogen-bond donors (Lipinski definition) is 3. The summed E-state index contributed by atoms with van der Waals surface area (Å²) >= 11 is 9.58. The quantitative estimate of drug-likeness (QED) is 0.484. The summed E-state index contributed by atoms with van der Waals surface area (Å²) in [6, 6.07) is 0. The van der Waals surface area contributed by atoms with Gasteiger partial charge in [0.15, 0.2) is 0 Å². The Morgan fingerprint density at radius 2 is 1.55 bits per heavy atom. The largest absolute Gasteiger partial charge is 0.466 e. The van der Waals surface area contributed by atoms with Crippen molar-refractivity contribution in [3.63, 3.8) is 0 Å². The van der Waals surface area contributed by atoms with Gasteiger partial charge in [-0.25, -0.2) is 4.57 Å². The van der Waals surface area contributed by atoms with Gasteiger partial charge in [0.2, 0.25) is 0 Å². The maximum absolute atomic E-state index is 8.88. The van der Waals surface area contributed by atoms with Gasteiger partial charge in [-0.3, -0.25) is 0 Å². The minimum Gasteiger partial charge on any atom is -0.303 e. The Labute approximate surface area is 89.3 Å². The van der Waals surface area contributed by atoms with Crippen LogP contribution < -0.4 is 0 Å². The molecule has 0 aliphatic carbocycles. The van der Waals surface area contributed by atoms with Gasteiger partial charge in [-0.15, -0.1) is 0 Å². The number of phosphoric acid groups is 1. The summed E-state index contributed by atoms with van der Waals surface area (Å²) < 4.78 is 9.18. The molecule has 0 heterocycles. The molecule has 0 aliphatic rings. The molecule has 0 aromatic heterocycles. The van der Waals surface area contributed by atoms with Crippen LogP contribution in [0.2, 0.25) is 0 Å². The van der Waals surface area contributed by atoms with Crippen LogP contribution in [-0.2, 0) is 4.57 Å². The molecule has 0 saturated carbocycles. The van der Waals surface area contributed by atoms with E-state index in [0.717, 1.165) is 0 Å². The first kappa shape index (κ1) is 14.8. The lowest BCUT2D eigenvalue weighted by Gasteiger charge is -1.82. The van der Waals surface area contributed by atoms with E-state index in [1.165, 1.54) is 0 Å². The fourth-order valence-electron chi connectivity index (χ4n) is 0.0550. The fourth-order valence-corrected chi connectivity index (χ4v) is 1.48. The van der Waals surface area contributed by atoms with Crippen molar-refractivity contribution in [3.05, 3.63) is 11.1 Å². The van der Waals surface area contributed by atoms with E-state index in [9.17, 15) is 0 Å². The average molecular weight is 377 g/mol. The summed E-state index contributed by atoms with van der Waals surface area (Å²) in [5.41, 5.74) is 0. The third-order valence-corrected chi connectivity index (χ3v) is 1.13. The zero-order valence-electron chi connectivity index (χ0n) is 5.06. The summed E-state index contributed by atoms with van der Waals surface area (Å²) in [7, 11) is -4.64. The van der Waals surface area contributed by atoms with E-state index in [-0.39, 0.29) is 0 Å². The minimum absolute atomic E-state index is 0.296. The predicted octanol–water partition coefficient (Wildman–Crippen LogP) is 2.08. The molecule has 0 unspecified atom stereocenters. The van der Waals surface area contributed by atoms with Crippen LogP contribution >= 0.6 is 55.6 Å². The van der Waals surface area contributed by atoms with Crippen molar-refractivity contribution >= 4 is 55.6 Å². The van der Waals surface area contributed by atoms with Crippen LogP contribution in [0.4, 0.5) is 0 Å². The summed E-state index contributed by atoms with van der Waals surface area (Å²) in [5, 5.41) is 0. The Kier molecular flexibility index (Phi) is 10.6. The van der Waals surface area contributed by atoms with Gasteiger partial charge >= 0.3 is 7.82 Å². The van der Waals surface area contributed by atoms with Crippen molar-refractivity contribution in [2.45, 2.75) is 3.74 Å². The lowest BCUT2D eigenvalue weighted by molar-refractivity contribution is 0.275. The predicted molar refractivity (Wildman–Crippen MR) is 54.0 cm³/mol. The van der Waals surface area contributed by atoms with Crippen LogP contribution in [0.3, 0.4) is 0 Å². The Balaban J connectivity index is 0. The topological polar surface area (TPSA) is 77.8 Å². The lowest BCUT2D eigenvalue weighted by atomic mass is 10.8. The minimum atomic E-state index is -4.64. The van der Waals surface area contributed by atoms with Crippen LogP contribution in [0, 0.1) is 0 Å². The summed E-state index contributed by atoms with van der Waals surface area (Å²) in [4.78, 5) is 23.4. The van der Waals surface area contributed by atoms with E-state index in [1.807, 2.05) is 6.08 Å². The molecule has 0 fully saturated rings. The molecule has 68 valence electrons. The van der Waals surface area contributed by atoms with Gasteiger partial charge in [-0.05, 0) is 4.99 Å². The monoisotopic (exact) mass is 374 g/mol. The van der Waals surface area contributed by atoms with Gasteiger partial charge in [0, 0.05) is 0 Å². The van der Waals surface area contributed by atoms with Gasteiger partial charge in [0.05, 0.1) is 3.74 Å². The highest BCUT2D eigenvalue weighted by molar-refractivity contribution is 9.24. The molecule has 0 bridgehead atoms. The van der Waals surface area contributed by atoms with E-state index in [1.54, 1.807) is 4.99 Å². The molecule has 0 aromatic rings. The van der Waals surface area contributed by atoms with E-state index in [4.69, 9.17) is 19.2 Å². The molecule has 4 nitrogen and oxygen atoms in total. The zero-order chi connectivity index (χ0) is 9.49. The first-order valence-corrected chi connectivity index (χ1v) is 6.42. The second kappa shape index (κ2) is 7.91. The first-order valence-electron chi connectivity index (χ1n) is 2.10. The lowest BCUT2D eigenvalue weighted by Crippen LogP contribution is -1.67. The highest BCUT2D eigenvalue weighted by Crippen LogP contribution is 2.25. The summed E-state index contributed by atoms with van der Waals surface area (Å²) in [6.45, 7) is 0. The molecule has 8 heteroatoms. The van der Waals surface area contributed by atoms with E-state index < -0.39 is 7.82 Å². The molecule has 3 N–H and O–H groups in total. The number of allylic oxidation sites excluding steroid dienone is 1. The van der Waals surface area contributed by atoms with Crippen molar-refractivity contribution in [1.82, 2.24) is 0 Å². The molecule has 0 aromatic carbocycles. The van der Waals surface area contributed by atoms with Crippen molar-refractivity contribution < 1.29 is 19.2 Å². The van der Waals surface area contributed by atoms with E-state index in [2.05, 4.69) is 47.8 Å². The molecule has 0 atom stereocenters. The molecule has 0 amide bonds. The van der Waals surface area contributed by atoms with Crippen molar-refractivity contribution in [3.8, 4) is 0 Å². The van der Waals surface area contributed by atoms with Crippen LogP contribution in [0.1, 0.15) is 0 Å². The van der Waals surface area contributed by atoms with Crippen LogP contribution in [0.25, 0.3) is 0 Å². The summed E-state index contributed by atoms with van der Waals surface area (Å²) in [6.07, 6.45) is 1.92. The Morgan fingerprint density at radius 1 is 1.27 bits per heavy atom. The van der Waals surface area contributed by atoms with Crippen LogP contribution in [-0.4, -0.2) is 18.4 Å². The third kappa shape index (κ3) is 52.9. The maximum atomic E-state index is 8.88. The first-order chi connectivity index (χ1) is 4.77. The standard InChI is InChI=1S/C3H3Br3.H3O4P/c4-2-1-3(5)6;1-5(2,3)4/h1-3H;(H3,1,2,3,4). The number of alkyl halides is 2. The maximum Gasteiger partial charge on any atom is 0.466 e. The van der Waals surface area contributed by atoms with Crippen molar-refractivity contribution in [2.75, 3.05) is 0 Å². The normalized spacial score (nSPS) is 11.5. The van der Waals surface area contributed by atoms with Crippen molar-refractivity contribution in [2.24, 2.45) is 0 Å². The molecule has 0 saturated heterocycles. The Bertz CT molecular complexity index is 144. The van der Waals surface area contributed by atoms with Gasteiger partial charge in [-0.2, -0.15) is 0 Å². The second-order valence-electron chi connectivity index (χ2n) is 1.17. The fraction of sp³-hybridized carbons (Fsp3) is 0.333. The molecule has 0 rings (SSSR count).